The molecule has 2 heterocycles. The van der Waals surface area contributed by atoms with Gasteiger partial charge < -0.3 is 20.0 Å². The van der Waals surface area contributed by atoms with Gasteiger partial charge in [-0.15, -0.1) is 0 Å². The zero-order valence-electron chi connectivity index (χ0n) is 24.1. The van der Waals surface area contributed by atoms with E-state index in [0.717, 1.165) is 59.7 Å². The van der Waals surface area contributed by atoms with Gasteiger partial charge in [-0.1, -0.05) is 79.2 Å². The number of carboxylic acids is 2. The van der Waals surface area contributed by atoms with Crippen LogP contribution < -0.4 is 14.4 Å². The van der Waals surface area contributed by atoms with Crippen molar-refractivity contribution in [2.45, 2.75) is 65.5 Å². The predicted octanol–water partition coefficient (Wildman–Crippen LogP) is 8.27. The number of anilines is 2. The summed E-state index contributed by atoms with van der Waals surface area (Å²) in [4.78, 5) is 27.2. The fourth-order valence-electron chi connectivity index (χ4n) is 5.27. The van der Waals surface area contributed by atoms with Crippen LogP contribution in [0.4, 0.5) is 11.4 Å². The highest BCUT2D eigenvalue weighted by atomic mass is 35.5. The van der Waals surface area contributed by atoms with E-state index in [9.17, 15) is 19.8 Å². The summed E-state index contributed by atoms with van der Waals surface area (Å²) in [6.07, 6.45) is 9.44. The standard InChI is InChI=1S/C31H34Cl4N4O4/c1-3-5-12-36-24-16-20(32)22(34)18-26(24)38(14-10-30(40)41)28(36)8-7-9-29-37(13-6-4-2)25-17-21(33)23(35)19-27(25)39(29)15-11-31(42)43/h7-9,16-19H,3-6,10-15H2,1-2H3,(H-,40,41,42,43)/p+1. The normalized spacial score (nSPS) is 14.0. The van der Waals surface area contributed by atoms with Crippen LogP contribution in [0, 0.1) is 0 Å². The molecule has 0 fully saturated rings. The topological polar surface area (TPSA) is 89.9 Å². The highest BCUT2D eigenvalue weighted by molar-refractivity contribution is 6.43. The van der Waals surface area contributed by atoms with Crippen LogP contribution in [0.1, 0.15) is 58.2 Å². The Balaban J connectivity index is 1.86. The maximum absolute atomic E-state index is 11.6. The van der Waals surface area contributed by atoms with E-state index in [-0.39, 0.29) is 25.9 Å². The molecule has 4 rings (SSSR count). The van der Waals surface area contributed by atoms with Gasteiger partial charge in [0.15, 0.2) is 11.0 Å². The van der Waals surface area contributed by atoms with Gasteiger partial charge >= 0.3 is 11.9 Å². The molecule has 0 atom stereocenters. The van der Waals surface area contributed by atoms with Gasteiger partial charge in [0.05, 0.1) is 50.9 Å². The second kappa shape index (κ2) is 14.7. The lowest BCUT2D eigenvalue weighted by Gasteiger charge is -2.25. The molecular weight excluding hydrogens is 634 g/mol. The Labute approximate surface area is 271 Å². The number of aromatic nitrogens is 2. The number of aryl methyl sites for hydroxylation is 2. The van der Waals surface area contributed by atoms with E-state index in [1.165, 1.54) is 0 Å². The summed E-state index contributed by atoms with van der Waals surface area (Å²) in [5.41, 5.74) is 3.32. The van der Waals surface area contributed by atoms with E-state index in [1.807, 2.05) is 39.8 Å². The third-order valence-corrected chi connectivity index (χ3v) is 8.81. The second-order valence-corrected chi connectivity index (χ2v) is 12.0. The van der Waals surface area contributed by atoms with E-state index >= 15 is 0 Å². The maximum atomic E-state index is 11.6. The number of allylic oxidation sites excluding steroid dienone is 2. The zero-order chi connectivity index (χ0) is 31.3. The first-order valence-electron chi connectivity index (χ1n) is 14.3. The minimum atomic E-state index is -0.902. The van der Waals surface area contributed by atoms with Crippen LogP contribution in [0.15, 0.2) is 42.2 Å². The lowest BCUT2D eigenvalue weighted by molar-refractivity contribution is -0.674. The van der Waals surface area contributed by atoms with Crippen molar-refractivity contribution in [1.29, 1.82) is 0 Å². The molecule has 12 heteroatoms. The Morgan fingerprint density at radius 2 is 1.35 bits per heavy atom. The van der Waals surface area contributed by atoms with Crippen molar-refractivity contribution in [3.8, 4) is 0 Å². The molecule has 0 aliphatic carbocycles. The Morgan fingerprint density at radius 1 is 0.791 bits per heavy atom. The number of halogens is 4. The molecule has 1 aromatic heterocycles. The maximum Gasteiger partial charge on any atom is 0.307 e. The third-order valence-electron chi connectivity index (χ3n) is 7.36. The van der Waals surface area contributed by atoms with Crippen molar-refractivity contribution < 1.29 is 24.4 Å². The van der Waals surface area contributed by atoms with Crippen molar-refractivity contribution in [2.24, 2.45) is 0 Å². The van der Waals surface area contributed by atoms with Gasteiger partial charge in [0.1, 0.15) is 12.4 Å². The first-order chi connectivity index (χ1) is 20.6. The summed E-state index contributed by atoms with van der Waals surface area (Å²) in [6.45, 7) is 6.12. The largest absolute Gasteiger partial charge is 0.481 e. The van der Waals surface area contributed by atoms with Gasteiger partial charge in [-0.2, -0.15) is 0 Å². The number of nitrogens with zero attached hydrogens (tertiary/aromatic N) is 4. The minimum Gasteiger partial charge on any atom is -0.481 e. The molecular formula is C31H35Cl4N4O4+. The molecule has 2 N–H and O–H groups in total. The molecule has 0 amide bonds. The van der Waals surface area contributed by atoms with Crippen LogP contribution in [0.3, 0.4) is 0 Å². The molecule has 0 spiro atoms. The Hall–Kier alpha value is -2.91. The molecule has 0 saturated carbocycles. The second-order valence-electron chi connectivity index (χ2n) is 10.4. The first-order valence-corrected chi connectivity index (χ1v) is 15.9. The van der Waals surface area contributed by atoms with Crippen molar-refractivity contribution in [2.75, 3.05) is 22.9 Å². The van der Waals surface area contributed by atoms with Crippen LogP contribution >= 0.6 is 46.4 Å². The smallest absolute Gasteiger partial charge is 0.307 e. The number of imidazole rings is 1. The van der Waals surface area contributed by atoms with E-state index in [1.54, 1.807) is 12.1 Å². The van der Waals surface area contributed by atoms with Gasteiger partial charge in [0.25, 0.3) is 5.82 Å². The molecule has 0 unspecified atom stereocenters. The quantitative estimate of drug-likeness (QED) is 0.168. The molecule has 230 valence electrons. The number of carboxylic acid groups (broad SMARTS) is 2. The number of fused-ring (bicyclic) bond motifs is 2. The number of carbonyl (C=O) groups is 2. The van der Waals surface area contributed by atoms with Gasteiger partial charge in [0.2, 0.25) is 0 Å². The van der Waals surface area contributed by atoms with Crippen LogP contribution in [-0.4, -0.2) is 39.8 Å². The van der Waals surface area contributed by atoms with Crippen molar-refractivity contribution in [3.05, 3.63) is 68.2 Å². The van der Waals surface area contributed by atoms with Crippen molar-refractivity contribution in [3.63, 3.8) is 0 Å². The summed E-state index contributed by atoms with van der Waals surface area (Å²) in [6, 6.07) is 7.20. The van der Waals surface area contributed by atoms with E-state index in [0.29, 0.717) is 33.2 Å². The molecule has 2 aromatic carbocycles. The molecule has 3 aromatic rings. The molecule has 43 heavy (non-hydrogen) atoms. The summed E-state index contributed by atoms with van der Waals surface area (Å²) >= 11 is 25.6. The molecule has 0 bridgehead atoms. The number of aliphatic carboxylic acids is 2. The van der Waals surface area contributed by atoms with E-state index in [2.05, 4.69) is 23.3 Å². The summed E-state index contributed by atoms with van der Waals surface area (Å²) in [5, 5.41) is 20.6. The van der Waals surface area contributed by atoms with Gasteiger partial charge in [-0.05, 0) is 31.1 Å². The molecule has 0 radical (unpaired) electrons. The highest BCUT2D eigenvalue weighted by Gasteiger charge is 2.32. The Morgan fingerprint density at radius 3 is 1.95 bits per heavy atom. The lowest BCUT2D eigenvalue weighted by Crippen LogP contribution is -2.36. The Kier molecular flexibility index (Phi) is 11.3. The van der Waals surface area contributed by atoms with Gasteiger partial charge in [-0.3, -0.25) is 9.59 Å². The summed E-state index contributed by atoms with van der Waals surface area (Å²) in [7, 11) is 0. The minimum absolute atomic E-state index is 0.0652. The Bertz CT molecular complexity index is 1580. The number of hydrogen-bond acceptors (Lipinski definition) is 4. The SMILES string of the molecule is CCCCN1C(=CC=Cc2n(CCC(=O)O)c3cc(Cl)c(Cl)cc3[n+]2CCCC)N(CCC(=O)O)c2cc(Cl)c(Cl)cc21. The molecule has 0 saturated heterocycles. The number of unbranched alkanes of at least 4 members (excludes halogenated alkanes) is 2. The average Bonchev–Trinajstić information content (AvgIpc) is 3.38. The van der Waals surface area contributed by atoms with Crippen LogP contribution in [0.25, 0.3) is 17.1 Å². The number of hydrogen-bond donors (Lipinski definition) is 2. The van der Waals surface area contributed by atoms with Gasteiger partial charge in [-0.25, -0.2) is 9.13 Å². The first kappa shape index (κ1) is 33.0. The monoisotopic (exact) mass is 667 g/mol. The molecule has 1 aliphatic rings. The zero-order valence-corrected chi connectivity index (χ0v) is 27.1. The van der Waals surface area contributed by atoms with Crippen molar-refractivity contribution >= 4 is 86.8 Å². The van der Waals surface area contributed by atoms with Crippen molar-refractivity contribution in [1.82, 2.24) is 4.57 Å². The fraction of sp³-hybridized carbons (Fsp3) is 0.387. The van der Waals surface area contributed by atoms with Gasteiger partial charge in [0, 0.05) is 31.3 Å². The highest BCUT2D eigenvalue weighted by Crippen LogP contribution is 2.46. The summed E-state index contributed by atoms with van der Waals surface area (Å²) in [5.74, 6) is -0.196. The van der Waals surface area contributed by atoms with Crippen LogP contribution in [-0.2, 0) is 22.7 Å². The fourth-order valence-corrected chi connectivity index (χ4v) is 5.90. The molecule has 1 aliphatic heterocycles. The number of rotatable bonds is 14. The summed E-state index contributed by atoms with van der Waals surface area (Å²) < 4.78 is 4.09. The lowest BCUT2D eigenvalue weighted by atomic mass is 10.2. The third kappa shape index (κ3) is 7.43. The predicted molar refractivity (Wildman–Crippen MR) is 175 cm³/mol. The van der Waals surface area contributed by atoms with E-state index < -0.39 is 11.9 Å². The van der Waals surface area contributed by atoms with Crippen LogP contribution in [0.2, 0.25) is 20.1 Å². The molecule has 8 nitrogen and oxygen atoms in total. The number of benzene rings is 2. The van der Waals surface area contributed by atoms with E-state index in [4.69, 9.17) is 46.4 Å². The van der Waals surface area contributed by atoms with Crippen LogP contribution in [0.5, 0.6) is 0 Å². The average molecular weight is 669 g/mol.